The second kappa shape index (κ2) is 8.34. The molecular formula is C19H18F3N3O3S. The van der Waals surface area contributed by atoms with Crippen LogP contribution in [0.5, 0.6) is 11.5 Å². The Balaban J connectivity index is 2.01. The molecule has 2 aromatic heterocycles. The first-order valence-corrected chi connectivity index (χ1v) is 9.95. The molecule has 0 aliphatic carbocycles. The van der Waals surface area contributed by atoms with Gasteiger partial charge in [0.15, 0.2) is 17.2 Å². The van der Waals surface area contributed by atoms with E-state index in [-0.39, 0.29) is 10.9 Å². The first kappa shape index (κ1) is 21.0. The van der Waals surface area contributed by atoms with E-state index in [2.05, 4.69) is 9.97 Å². The zero-order valence-corrected chi connectivity index (χ0v) is 16.7. The number of aromatic nitrogens is 3. The Hall–Kier alpha value is -2.72. The van der Waals surface area contributed by atoms with Crippen molar-refractivity contribution in [1.82, 2.24) is 14.5 Å². The van der Waals surface area contributed by atoms with E-state index in [0.717, 1.165) is 11.6 Å². The lowest BCUT2D eigenvalue weighted by Gasteiger charge is -2.14. The molecule has 0 bridgehead atoms. The van der Waals surface area contributed by atoms with Gasteiger partial charge in [-0.3, -0.25) is 0 Å². The maximum atomic E-state index is 13.2. The smallest absolute Gasteiger partial charge is 0.433 e. The van der Waals surface area contributed by atoms with Crippen LogP contribution >= 0.6 is 0 Å². The van der Waals surface area contributed by atoms with Gasteiger partial charge >= 0.3 is 11.3 Å². The Morgan fingerprint density at radius 3 is 2.41 bits per heavy atom. The number of ether oxygens (including phenoxy) is 2. The van der Waals surface area contributed by atoms with Crippen molar-refractivity contribution >= 4 is 11.2 Å². The lowest BCUT2D eigenvalue weighted by Crippen LogP contribution is -2.14. The zero-order valence-electron chi connectivity index (χ0n) is 15.9. The van der Waals surface area contributed by atoms with Crippen molar-refractivity contribution < 1.29 is 27.2 Å². The molecule has 6 nitrogen and oxygen atoms in total. The predicted octanol–water partition coefficient (Wildman–Crippen LogP) is 3.77. The summed E-state index contributed by atoms with van der Waals surface area (Å²) in [6, 6.07) is 9.58. The minimum atomic E-state index is -4.67. The summed E-state index contributed by atoms with van der Waals surface area (Å²) in [5.74, 6) is 1.12. The molecule has 3 rings (SSSR count). The summed E-state index contributed by atoms with van der Waals surface area (Å²) in [7, 11) is 3.05. The molecule has 0 N–H and O–H groups in total. The third kappa shape index (κ3) is 4.65. The summed E-state index contributed by atoms with van der Waals surface area (Å²) in [5.41, 5.74) is 0.207. The molecule has 1 unspecified atom stereocenters. The molecule has 0 radical (unpaired) electrons. The molecule has 1 atom stereocenters. The van der Waals surface area contributed by atoms with E-state index in [9.17, 15) is 17.7 Å². The van der Waals surface area contributed by atoms with E-state index in [1.807, 2.05) is 6.07 Å². The molecule has 29 heavy (non-hydrogen) atoms. The topological polar surface area (TPSA) is 72.2 Å². The largest absolute Gasteiger partial charge is 0.609 e. The molecule has 0 saturated carbocycles. The van der Waals surface area contributed by atoms with Crippen LogP contribution in [0.15, 0.2) is 47.8 Å². The monoisotopic (exact) mass is 425 g/mol. The van der Waals surface area contributed by atoms with Crippen LogP contribution in [0.4, 0.5) is 13.2 Å². The third-order valence-corrected chi connectivity index (χ3v) is 4.84. The van der Waals surface area contributed by atoms with Crippen LogP contribution in [0.2, 0.25) is 0 Å². The Morgan fingerprint density at radius 2 is 1.79 bits per heavy atom. The highest BCUT2D eigenvalue weighted by Crippen LogP contribution is 2.32. The highest BCUT2D eigenvalue weighted by atomic mass is 32.2. The van der Waals surface area contributed by atoms with E-state index in [1.54, 1.807) is 35.0 Å². The molecule has 0 saturated heterocycles. The average Bonchev–Trinajstić information content (AvgIpc) is 3.14. The molecule has 0 spiro atoms. The SMILES string of the molecule is COc1ccc(Cn2cccc2-c2cc(C(F)(F)F)nc([S+](C)[O-])n2)cc1OC. The van der Waals surface area contributed by atoms with Gasteiger partial charge in [-0.1, -0.05) is 6.07 Å². The van der Waals surface area contributed by atoms with Gasteiger partial charge in [-0.25, -0.2) is 0 Å². The molecule has 0 fully saturated rings. The second-order valence-electron chi connectivity index (χ2n) is 6.08. The number of hydrogen-bond acceptors (Lipinski definition) is 5. The Morgan fingerprint density at radius 1 is 1.07 bits per heavy atom. The van der Waals surface area contributed by atoms with Crippen LogP contribution < -0.4 is 9.47 Å². The highest BCUT2D eigenvalue weighted by Gasteiger charge is 2.35. The van der Waals surface area contributed by atoms with Crippen LogP contribution in [0, 0.1) is 0 Å². The number of alkyl halides is 3. The molecule has 0 amide bonds. The maximum Gasteiger partial charge on any atom is 0.433 e. The fourth-order valence-electron chi connectivity index (χ4n) is 2.79. The molecule has 154 valence electrons. The maximum absolute atomic E-state index is 13.2. The van der Waals surface area contributed by atoms with Crippen LogP contribution in [-0.2, 0) is 23.9 Å². The lowest BCUT2D eigenvalue weighted by atomic mass is 10.2. The molecule has 3 aromatic rings. The molecule has 2 heterocycles. The van der Waals surface area contributed by atoms with Crippen molar-refractivity contribution in [3.8, 4) is 22.9 Å². The van der Waals surface area contributed by atoms with E-state index in [1.165, 1.54) is 20.5 Å². The van der Waals surface area contributed by atoms with Crippen molar-refractivity contribution in [2.24, 2.45) is 0 Å². The number of halogens is 3. The molecule has 1 aromatic carbocycles. The minimum absolute atomic E-state index is 0.0444. The van der Waals surface area contributed by atoms with Crippen molar-refractivity contribution in [2.45, 2.75) is 17.9 Å². The Bertz CT molecular complexity index is 1010. The lowest BCUT2D eigenvalue weighted by molar-refractivity contribution is -0.141. The Labute approximate surface area is 168 Å². The zero-order chi connectivity index (χ0) is 21.2. The van der Waals surface area contributed by atoms with Gasteiger partial charge < -0.3 is 18.6 Å². The predicted molar refractivity (Wildman–Crippen MR) is 101 cm³/mol. The standard InChI is InChI=1S/C19H18F3N3O3S/c1-27-15-7-6-12(9-16(15)28-2)11-25-8-4-5-14(25)13-10-17(19(20,21)22)24-18(23-13)29(3)26/h4-10H,11H2,1-3H3. The number of benzene rings is 1. The second-order valence-corrected chi connectivity index (χ2v) is 7.36. The van der Waals surface area contributed by atoms with E-state index in [4.69, 9.17) is 9.47 Å². The van der Waals surface area contributed by atoms with Gasteiger partial charge in [0.1, 0.15) is 6.26 Å². The third-order valence-electron chi connectivity index (χ3n) is 4.15. The number of hydrogen-bond donors (Lipinski definition) is 0. The number of rotatable bonds is 6. The molecule has 0 aliphatic heterocycles. The quantitative estimate of drug-likeness (QED) is 0.444. The van der Waals surface area contributed by atoms with E-state index in [0.29, 0.717) is 23.7 Å². The van der Waals surface area contributed by atoms with Gasteiger partial charge in [-0.2, -0.15) is 23.1 Å². The first-order valence-electron chi connectivity index (χ1n) is 8.39. The summed E-state index contributed by atoms with van der Waals surface area (Å²) < 4.78 is 63.7. The molecule has 10 heteroatoms. The minimum Gasteiger partial charge on any atom is -0.609 e. The van der Waals surface area contributed by atoms with Crippen molar-refractivity contribution in [3.63, 3.8) is 0 Å². The fraction of sp³-hybridized carbons (Fsp3) is 0.263. The van der Waals surface area contributed by atoms with Crippen molar-refractivity contribution in [1.29, 1.82) is 0 Å². The van der Waals surface area contributed by atoms with Crippen LogP contribution in [0.3, 0.4) is 0 Å². The van der Waals surface area contributed by atoms with Crippen LogP contribution in [0.1, 0.15) is 11.3 Å². The van der Waals surface area contributed by atoms with Crippen molar-refractivity contribution in [3.05, 3.63) is 53.9 Å². The van der Waals surface area contributed by atoms with Gasteiger partial charge in [0.25, 0.3) is 0 Å². The summed E-state index contributed by atoms with van der Waals surface area (Å²) in [4.78, 5) is 7.47. The van der Waals surface area contributed by atoms with E-state index < -0.39 is 23.0 Å². The summed E-state index contributed by atoms with van der Waals surface area (Å²) in [5, 5.41) is -0.367. The summed E-state index contributed by atoms with van der Waals surface area (Å²) >= 11 is -1.76. The van der Waals surface area contributed by atoms with Gasteiger partial charge in [0, 0.05) is 23.9 Å². The molecule has 0 aliphatic rings. The number of methoxy groups -OCH3 is 2. The van der Waals surface area contributed by atoms with Crippen molar-refractivity contribution in [2.75, 3.05) is 20.5 Å². The van der Waals surface area contributed by atoms with Gasteiger partial charge in [-0.05, 0) is 35.9 Å². The summed E-state index contributed by atoms with van der Waals surface area (Å²) in [6.45, 7) is 0.360. The molecular weight excluding hydrogens is 407 g/mol. The Kier molecular flexibility index (Phi) is 6.04. The number of nitrogens with zero attached hydrogens (tertiary/aromatic N) is 3. The van der Waals surface area contributed by atoms with Crippen LogP contribution in [0.25, 0.3) is 11.4 Å². The van der Waals surface area contributed by atoms with Crippen LogP contribution in [-0.4, -0.2) is 39.6 Å². The normalized spacial score (nSPS) is 12.7. The summed E-state index contributed by atoms with van der Waals surface area (Å²) in [6.07, 6.45) is -1.71. The average molecular weight is 425 g/mol. The van der Waals surface area contributed by atoms with Gasteiger partial charge in [0.2, 0.25) is 0 Å². The van der Waals surface area contributed by atoms with Gasteiger partial charge in [-0.15, -0.1) is 0 Å². The van der Waals surface area contributed by atoms with Gasteiger partial charge in [0.05, 0.1) is 25.6 Å². The fourth-order valence-corrected chi connectivity index (χ4v) is 3.24. The highest BCUT2D eigenvalue weighted by molar-refractivity contribution is 7.90. The van der Waals surface area contributed by atoms with E-state index >= 15 is 0 Å². The first-order chi connectivity index (χ1) is 13.7.